The Kier molecular flexibility index (Phi) is 3.95. The molecule has 0 saturated heterocycles. The maximum absolute atomic E-state index is 12.8. The van der Waals surface area contributed by atoms with Gasteiger partial charge in [-0.15, -0.1) is 0 Å². The topological polar surface area (TPSA) is 32.3 Å². The highest BCUT2D eigenvalue weighted by Crippen LogP contribution is 2.27. The number of carbonyl (C=O) groups is 1. The summed E-state index contributed by atoms with van der Waals surface area (Å²) in [5.41, 5.74) is 3.32. The fourth-order valence-electron chi connectivity index (χ4n) is 3.55. The predicted octanol–water partition coefficient (Wildman–Crippen LogP) is 3.45. The number of rotatable bonds is 3. The first-order valence-electron chi connectivity index (χ1n) is 7.97. The average molecular weight is 272 g/mol. The molecule has 1 aromatic carbocycles. The van der Waals surface area contributed by atoms with Crippen LogP contribution in [0, 0.1) is 0 Å². The zero-order chi connectivity index (χ0) is 13.9. The molecule has 2 aliphatic rings. The van der Waals surface area contributed by atoms with Crippen LogP contribution in [0.1, 0.15) is 54.9 Å². The Labute approximate surface area is 121 Å². The van der Waals surface area contributed by atoms with Gasteiger partial charge in [-0.05, 0) is 43.9 Å². The Morgan fingerprint density at radius 2 is 2.10 bits per heavy atom. The predicted molar refractivity (Wildman–Crippen MR) is 82.2 cm³/mol. The van der Waals surface area contributed by atoms with Crippen molar-refractivity contribution in [2.45, 2.75) is 51.5 Å². The van der Waals surface area contributed by atoms with Crippen molar-refractivity contribution in [2.75, 3.05) is 18.4 Å². The smallest absolute Gasteiger partial charge is 0.254 e. The fraction of sp³-hybridized carbons (Fsp3) is 0.588. The second-order valence-corrected chi connectivity index (χ2v) is 5.93. The van der Waals surface area contributed by atoms with E-state index in [2.05, 4.69) is 23.2 Å². The van der Waals surface area contributed by atoms with Gasteiger partial charge in [-0.1, -0.05) is 25.3 Å². The van der Waals surface area contributed by atoms with Gasteiger partial charge in [0.1, 0.15) is 0 Å². The molecule has 1 N–H and O–H groups in total. The lowest BCUT2D eigenvalue weighted by atomic mass is 9.93. The van der Waals surface area contributed by atoms with E-state index in [0.29, 0.717) is 6.04 Å². The molecule has 0 atom stereocenters. The van der Waals surface area contributed by atoms with Crippen LogP contribution < -0.4 is 5.32 Å². The molecule has 0 aromatic heterocycles. The maximum atomic E-state index is 12.8. The summed E-state index contributed by atoms with van der Waals surface area (Å²) in [5, 5.41) is 3.36. The van der Waals surface area contributed by atoms with E-state index in [1.54, 1.807) is 0 Å². The first-order chi connectivity index (χ1) is 9.79. The van der Waals surface area contributed by atoms with E-state index in [4.69, 9.17) is 0 Å². The molecule has 0 spiro atoms. The molecule has 1 heterocycles. The van der Waals surface area contributed by atoms with Crippen molar-refractivity contribution in [3.63, 3.8) is 0 Å². The molecule has 1 aromatic rings. The molecule has 20 heavy (non-hydrogen) atoms. The highest BCUT2D eigenvalue weighted by Gasteiger charge is 2.25. The fourth-order valence-corrected chi connectivity index (χ4v) is 3.55. The molecule has 3 rings (SSSR count). The SMILES string of the molecule is CCN(C(=O)c1ccc2c(c1)NCC2)C1CCCCC1. The summed E-state index contributed by atoms with van der Waals surface area (Å²) in [5.74, 6) is 0.205. The summed E-state index contributed by atoms with van der Waals surface area (Å²) < 4.78 is 0. The molecule has 0 unspecified atom stereocenters. The second kappa shape index (κ2) is 5.86. The van der Waals surface area contributed by atoms with Gasteiger partial charge in [0.15, 0.2) is 0 Å². The van der Waals surface area contributed by atoms with Crippen LogP contribution in [0.3, 0.4) is 0 Å². The average Bonchev–Trinajstić information content (AvgIpc) is 2.96. The van der Waals surface area contributed by atoms with Crippen LogP contribution in [0.25, 0.3) is 0 Å². The van der Waals surface area contributed by atoms with Crippen molar-refractivity contribution in [3.8, 4) is 0 Å². The van der Waals surface area contributed by atoms with E-state index in [0.717, 1.165) is 30.8 Å². The Morgan fingerprint density at radius 1 is 1.30 bits per heavy atom. The van der Waals surface area contributed by atoms with E-state index in [-0.39, 0.29) is 5.91 Å². The standard InChI is InChI=1S/C17H24N2O/c1-2-19(15-6-4-3-5-7-15)17(20)14-9-8-13-10-11-18-16(13)12-14/h8-9,12,15,18H,2-7,10-11H2,1H3. The lowest BCUT2D eigenvalue weighted by Gasteiger charge is -2.33. The third-order valence-corrected chi connectivity index (χ3v) is 4.68. The van der Waals surface area contributed by atoms with Gasteiger partial charge in [0, 0.05) is 30.4 Å². The van der Waals surface area contributed by atoms with Gasteiger partial charge >= 0.3 is 0 Å². The summed E-state index contributed by atoms with van der Waals surface area (Å²) in [4.78, 5) is 14.9. The lowest BCUT2D eigenvalue weighted by molar-refractivity contribution is 0.0648. The van der Waals surface area contributed by atoms with Gasteiger partial charge in [-0.25, -0.2) is 0 Å². The van der Waals surface area contributed by atoms with Gasteiger partial charge in [-0.2, -0.15) is 0 Å². The van der Waals surface area contributed by atoms with Gasteiger partial charge in [0.2, 0.25) is 0 Å². The lowest BCUT2D eigenvalue weighted by Crippen LogP contribution is -2.41. The number of nitrogens with one attached hydrogen (secondary N) is 1. The number of amides is 1. The quantitative estimate of drug-likeness (QED) is 0.914. The van der Waals surface area contributed by atoms with Crippen molar-refractivity contribution in [2.24, 2.45) is 0 Å². The first kappa shape index (κ1) is 13.5. The van der Waals surface area contributed by atoms with Crippen LogP contribution in [0.5, 0.6) is 0 Å². The normalized spacial score (nSPS) is 18.4. The van der Waals surface area contributed by atoms with Crippen molar-refractivity contribution in [1.29, 1.82) is 0 Å². The monoisotopic (exact) mass is 272 g/mol. The number of fused-ring (bicyclic) bond motifs is 1. The van der Waals surface area contributed by atoms with Crippen LogP contribution in [0.15, 0.2) is 18.2 Å². The minimum Gasteiger partial charge on any atom is -0.384 e. The molecule has 1 aliphatic heterocycles. The summed E-state index contributed by atoms with van der Waals surface area (Å²) in [6.45, 7) is 3.90. The summed E-state index contributed by atoms with van der Waals surface area (Å²) in [6.07, 6.45) is 7.26. The number of carbonyl (C=O) groups excluding carboxylic acids is 1. The molecular formula is C17H24N2O. The zero-order valence-electron chi connectivity index (χ0n) is 12.3. The van der Waals surface area contributed by atoms with E-state index >= 15 is 0 Å². The summed E-state index contributed by atoms with van der Waals surface area (Å²) >= 11 is 0. The maximum Gasteiger partial charge on any atom is 0.254 e. The van der Waals surface area contributed by atoms with Gasteiger partial charge in [-0.3, -0.25) is 4.79 Å². The number of nitrogens with zero attached hydrogens (tertiary/aromatic N) is 1. The highest BCUT2D eigenvalue weighted by molar-refractivity contribution is 5.95. The molecule has 3 heteroatoms. The Balaban J connectivity index is 1.79. The Hall–Kier alpha value is -1.51. The largest absolute Gasteiger partial charge is 0.384 e. The minimum atomic E-state index is 0.205. The van der Waals surface area contributed by atoms with Crippen LogP contribution in [-0.4, -0.2) is 29.9 Å². The second-order valence-electron chi connectivity index (χ2n) is 5.93. The third-order valence-electron chi connectivity index (χ3n) is 4.68. The van der Waals surface area contributed by atoms with Crippen LogP contribution in [0.4, 0.5) is 5.69 Å². The van der Waals surface area contributed by atoms with E-state index in [1.165, 1.54) is 37.7 Å². The minimum absolute atomic E-state index is 0.205. The molecule has 3 nitrogen and oxygen atoms in total. The Bertz CT molecular complexity index is 492. The first-order valence-corrected chi connectivity index (χ1v) is 7.97. The summed E-state index contributed by atoms with van der Waals surface area (Å²) in [6, 6.07) is 6.59. The van der Waals surface area contributed by atoms with E-state index in [1.807, 2.05) is 12.1 Å². The van der Waals surface area contributed by atoms with E-state index < -0.39 is 0 Å². The molecule has 1 amide bonds. The van der Waals surface area contributed by atoms with Crippen molar-refractivity contribution in [1.82, 2.24) is 4.90 Å². The number of hydrogen-bond acceptors (Lipinski definition) is 2. The van der Waals surface area contributed by atoms with Crippen molar-refractivity contribution >= 4 is 11.6 Å². The van der Waals surface area contributed by atoms with Crippen LogP contribution in [0.2, 0.25) is 0 Å². The van der Waals surface area contributed by atoms with Crippen LogP contribution >= 0.6 is 0 Å². The molecule has 0 radical (unpaired) electrons. The van der Waals surface area contributed by atoms with Gasteiger partial charge in [0.05, 0.1) is 0 Å². The van der Waals surface area contributed by atoms with Crippen molar-refractivity contribution in [3.05, 3.63) is 29.3 Å². The molecule has 0 bridgehead atoms. The van der Waals surface area contributed by atoms with Gasteiger partial charge in [0.25, 0.3) is 5.91 Å². The van der Waals surface area contributed by atoms with E-state index in [9.17, 15) is 4.79 Å². The molecular weight excluding hydrogens is 248 g/mol. The number of benzene rings is 1. The van der Waals surface area contributed by atoms with Crippen molar-refractivity contribution < 1.29 is 4.79 Å². The molecule has 1 aliphatic carbocycles. The molecule has 1 fully saturated rings. The molecule has 108 valence electrons. The van der Waals surface area contributed by atoms with Gasteiger partial charge < -0.3 is 10.2 Å². The Morgan fingerprint density at radius 3 is 2.85 bits per heavy atom. The number of hydrogen-bond donors (Lipinski definition) is 1. The third kappa shape index (κ3) is 2.54. The highest BCUT2D eigenvalue weighted by atomic mass is 16.2. The number of anilines is 1. The van der Waals surface area contributed by atoms with Crippen LogP contribution in [-0.2, 0) is 6.42 Å². The zero-order valence-corrected chi connectivity index (χ0v) is 12.3. The summed E-state index contributed by atoms with van der Waals surface area (Å²) in [7, 11) is 0. The molecule has 1 saturated carbocycles.